The first-order valence-electron chi connectivity index (χ1n) is 6.37. The minimum absolute atomic E-state index is 0.148. The van der Waals surface area contributed by atoms with Gasteiger partial charge in [-0.3, -0.25) is 5.21 Å². The van der Waals surface area contributed by atoms with Crippen molar-refractivity contribution in [1.82, 2.24) is 15.3 Å². The summed E-state index contributed by atoms with van der Waals surface area (Å²) in [5.74, 6) is 0.144. The summed E-state index contributed by atoms with van der Waals surface area (Å²) in [6.07, 6.45) is 4.83. The summed E-state index contributed by atoms with van der Waals surface area (Å²) in [4.78, 5) is 8.00. The lowest BCUT2D eigenvalue weighted by Crippen LogP contribution is -2.27. The van der Waals surface area contributed by atoms with Gasteiger partial charge in [-0.1, -0.05) is 6.07 Å². The topological polar surface area (TPSA) is 102 Å². The van der Waals surface area contributed by atoms with Crippen molar-refractivity contribution in [3.05, 3.63) is 47.9 Å². The van der Waals surface area contributed by atoms with Crippen LogP contribution in [0.1, 0.15) is 11.1 Å². The van der Waals surface area contributed by atoms with Crippen LogP contribution < -0.4 is 10.4 Å². The Labute approximate surface area is 120 Å². The van der Waals surface area contributed by atoms with Crippen LogP contribution in [0, 0.1) is 0 Å². The van der Waals surface area contributed by atoms with Crippen LogP contribution in [0.5, 0.6) is 11.5 Å². The molecule has 108 valence electrons. The molecule has 1 aliphatic rings. The Hall–Kier alpha value is -2.80. The monoisotopic (exact) mass is 286 g/mol. The zero-order valence-corrected chi connectivity index (χ0v) is 11.1. The summed E-state index contributed by atoms with van der Waals surface area (Å²) in [6.45, 7) is 0.784. The number of hydrogen-bond donors (Lipinski definition) is 4. The number of phenols is 2. The number of nitrogens with zero attached hydrogens (tertiary/aromatic N) is 3. The van der Waals surface area contributed by atoms with Gasteiger partial charge in [0.05, 0.1) is 12.1 Å². The van der Waals surface area contributed by atoms with E-state index in [0.717, 1.165) is 16.3 Å². The normalized spacial score (nSPS) is 13.6. The molecule has 0 amide bonds. The van der Waals surface area contributed by atoms with Gasteiger partial charge in [0.2, 0.25) is 0 Å². The van der Waals surface area contributed by atoms with Crippen LogP contribution in [0.2, 0.25) is 0 Å². The van der Waals surface area contributed by atoms with Gasteiger partial charge < -0.3 is 15.5 Å². The van der Waals surface area contributed by atoms with Gasteiger partial charge in [-0.25, -0.2) is 15.0 Å². The average molecular weight is 286 g/mol. The van der Waals surface area contributed by atoms with E-state index < -0.39 is 0 Å². The molecule has 7 heteroatoms. The van der Waals surface area contributed by atoms with Gasteiger partial charge in [-0.2, -0.15) is 0 Å². The maximum Gasteiger partial charge on any atom is 0.165 e. The number of hydroxylamine groups is 1. The van der Waals surface area contributed by atoms with E-state index in [4.69, 9.17) is 0 Å². The highest BCUT2D eigenvalue weighted by Gasteiger charge is 2.18. The fraction of sp³-hybridized carbons (Fsp3) is 0.143. The van der Waals surface area contributed by atoms with E-state index in [1.54, 1.807) is 12.3 Å². The molecule has 0 spiro atoms. The molecular weight excluding hydrogens is 272 g/mol. The van der Waals surface area contributed by atoms with Gasteiger partial charge >= 0.3 is 0 Å². The summed E-state index contributed by atoms with van der Waals surface area (Å²) >= 11 is 0. The molecule has 1 aromatic heterocycles. The van der Waals surface area contributed by atoms with Crippen molar-refractivity contribution in [3.8, 4) is 11.5 Å². The van der Waals surface area contributed by atoms with E-state index in [-0.39, 0.29) is 11.5 Å². The van der Waals surface area contributed by atoms with E-state index in [1.807, 2.05) is 6.08 Å². The Morgan fingerprint density at radius 1 is 1.24 bits per heavy atom. The Morgan fingerprint density at radius 3 is 2.90 bits per heavy atom. The van der Waals surface area contributed by atoms with Gasteiger partial charge in [0.15, 0.2) is 17.3 Å². The molecule has 0 aliphatic carbocycles. The Morgan fingerprint density at radius 2 is 2.10 bits per heavy atom. The molecule has 1 aromatic carbocycles. The number of nitrogens with one attached hydrogen (secondary N) is 1. The van der Waals surface area contributed by atoms with E-state index in [0.29, 0.717) is 24.5 Å². The quantitative estimate of drug-likeness (QED) is 0.629. The van der Waals surface area contributed by atoms with Gasteiger partial charge in [-0.15, -0.1) is 0 Å². The zero-order chi connectivity index (χ0) is 14.8. The maximum atomic E-state index is 9.74. The van der Waals surface area contributed by atoms with Crippen LogP contribution in [0.15, 0.2) is 36.8 Å². The molecule has 0 saturated carbocycles. The molecular formula is C14H14N4O3. The van der Waals surface area contributed by atoms with E-state index in [1.165, 1.54) is 18.5 Å². The molecule has 0 fully saturated rings. The van der Waals surface area contributed by atoms with Crippen LogP contribution in [0.25, 0.3) is 5.70 Å². The lowest BCUT2D eigenvalue weighted by Gasteiger charge is -2.24. The van der Waals surface area contributed by atoms with Gasteiger partial charge in [0, 0.05) is 18.4 Å². The molecule has 0 atom stereocenters. The molecule has 21 heavy (non-hydrogen) atoms. The number of aromatic hydroxyl groups is 2. The molecule has 0 radical (unpaired) electrons. The highest BCUT2D eigenvalue weighted by molar-refractivity contribution is 5.75. The SMILES string of the molecule is Oc1ccc(CNC2=CCN(O)c3ncncc32)cc1O. The van der Waals surface area contributed by atoms with E-state index in [2.05, 4.69) is 15.3 Å². The summed E-state index contributed by atoms with van der Waals surface area (Å²) in [5.41, 5.74) is 2.33. The highest BCUT2D eigenvalue weighted by atomic mass is 16.5. The second-order valence-electron chi connectivity index (χ2n) is 4.64. The molecule has 1 aliphatic heterocycles. The second kappa shape index (κ2) is 5.29. The van der Waals surface area contributed by atoms with Crippen LogP contribution in [-0.2, 0) is 6.54 Å². The molecule has 0 unspecified atom stereocenters. The maximum absolute atomic E-state index is 9.74. The third-order valence-corrected chi connectivity index (χ3v) is 3.22. The van der Waals surface area contributed by atoms with Gasteiger partial charge in [0.25, 0.3) is 0 Å². The van der Waals surface area contributed by atoms with Crippen LogP contribution in [-0.4, -0.2) is 31.9 Å². The molecule has 3 rings (SSSR count). The highest BCUT2D eigenvalue weighted by Crippen LogP contribution is 2.27. The molecule has 4 N–H and O–H groups in total. The minimum atomic E-state index is -0.155. The third kappa shape index (κ3) is 2.59. The van der Waals surface area contributed by atoms with Crippen LogP contribution in [0.3, 0.4) is 0 Å². The second-order valence-corrected chi connectivity index (χ2v) is 4.64. The van der Waals surface area contributed by atoms with Crippen molar-refractivity contribution in [1.29, 1.82) is 0 Å². The van der Waals surface area contributed by atoms with Crippen LogP contribution >= 0.6 is 0 Å². The van der Waals surface area contributed by atoms with Gasteiger partial charge in [-0.05, 0) is 23.8 Å². The lowest BCUT2D eigenvalue weighted by atomic mass is 10.1. The predicted octanol–water partition coefficient (Wildman–Crippen LogP) is 1.23. The van der Waals surface area contributed by atoms with E-state index in [9.17, 15) is 15.4 Å². The Kier molecular flexibility index (Phi) is 3.33. The molecule has 0 bridgehead atoms. The Bertz CT molecular complexity index is 702. The van der Waals surface area contributed by atoms with Gasteiger partial charge in [0.1, 0.15) is 6.33 Å². The number of benzene rings is 1. The van der Waals surface area contributed by atoms with Crippen molar-refractivity contribution in [2.75, 3.05) is 11.6 Å². The number of rotatable bonds is 3. The zero-order valence-electron chi connectivity index (χ0n) is 11.1. The number of phenolic OH excluding ortho intramolecular Hbond substituents is 2. The summed E-state index contributed by atoms with van der Waals surface area (Å²) in [6, 6.07) is 4.65. The summed E-state index contributed by atoms with van der Waals surface area (Å²) in [7, 11) is 0. The molecule has 7 nitrogen and oxygen atoms in total. The van der Waals surface area contributed by atoms with Crippen molar-refractivity contribution in [2.24, 2.45) is 0 Å². The minimum Gasteiger partial charge on any atom is -0.504 e. The fourth-order valence-corrected chi connectivity index (χ4v) is 2.14. The standard InChI is InChI=1S/C14H14N4O3/c19-12-2-1-9(5-13(12)20)6-16-11-3-4-18(21)14-10(11)7-15-8-17-14/h1-3,5,7-8,16,19-21H,4,6H2. The fourth-order valence-electron chi connectivity index (χ4n) is 2.14. The van der Waals surface area contributed by atoms with Crippen molar-refractivity contribution < 1.29 is 15.4 Å². The number of fused-ring (bicyclic) bond motifs is 1. The lowest BCUT2D eigenvalue weighted by molar-refractivity contribution is 0.261. The van der Waals surface area contributed by atoms with E-state index >= 15 is 0 Å². The average Bonchev–Trinajstić information content (AvgIpc) is 2.50. The summed E-state index contributed by atoms with van der Waals surface area (Å²) < 4.78 is 0. The first-order chi connectivity index (χ1) is 10.1. The van der Waals surface area contributed by atoms with Crippen molar-refractivity contribution >= 4 is 11.5 Å². The molecule has 2 aromatic rings. The van der Waals surface area contributed by atoms with Crippen molar-refractivity contribution in [3.63, 3.8) is 0 Å². The van der Waals surface area contributed by atoms with Crippen molar-refractivity contribution in [2.45, 2.75) is 6.54 Å². The number of anilines is 1. The smallest absolute Gasteiger partial charge is 0.165 e. The third-order valence-electron chi connectivity index (χ3n) is 3.22. The Balaban J connectivity index is 1.78. The predicted molar refractivity (Wildman–Crippen MR) is 75.8 cm³/mol. The first-order valence-corrected chi connectivity index (χ1v) is 6.37. The largest absolute Gasteiger partial charge is 0.504 e. The molecule has 2 heterocycles. The number of hydrogen-bond acceptors (Lipinski definition) is 7. The first kappa shape index (κ1) is 13.2. The number of aromatic nitrogens is 2. The van der Waals surface area contributed by atoms with Crippen LogP contribution in [0.4, 0.5) is 5.82 Å². The summed E-state index contributed by atoms with van der Waals surface area (Å²) in [5, 5.41) is 32.8. The molecule has 0 saturated heterocycles.